The molecule has 0 saturated heterocycles. The van der Waals surface area contributed by atoms with Crippen molar-refractivity contribution < 1.29 is 4.74 Å². The number of benzene rings is 1. The average molecular weight is 235 g/mol. The maximum Gasteiger partial charge on any atom is 0.122 e. The molecule has 1 rings (SSSR count). The zero-order valence-electron chi connectivity index (χ0n) is 11.7. The minimum Gasteiger partial charge on any atom is -0.494 e. The van der Waals surface area contributed by atoms with Gasteiger partial charge in [0.2, 0.25) is 0 Å². The Balaban J connectivity index is 2.63. The minimum atomic E-state index is 0.507. The predicted molar refractivity (Wildman–Crippen MR) is 73.8 cm³/mol. The van der Waals surface area contributed by atoms with Gasteiger partial charge in [-0.25, -0.2) is 0 Å². The number of hydrogen-bond acceptors (Lipinski definition) is 2. The van der Waals surface area contributed by atoms with E-state index < -0.39 is 0 Å². The van der Waals surface area contributed by atoms with Gasteiger partial charge < -0.3 is 10.1 Å². The van der Waals surface area contributed by atoms with Gasteiger partial charge in [-0.2, -0.15) is 0 Å². The summed E-state index contributed by atoms with van der Waals surface area (Å²) in [5.74, 6) is 1.00. The molecule has 0 bridgehead atoms. The van der Waals surface area contributed by atoms with E-state index in [1.165, 1.54) is 11.1 Å². The summed E-state index contributed by atoms with van der Waals surface area (Å²) in [6, 6.07) is 7.51. The highest BCUT2D eigenvalue weighted by Crippen LogP contribution is 2.19. The van der Waals surface area contributed by atoms with Crippen molar-refractivity contribution in [3.63, 3.8) is 0 Å². The molecule has 96 valence electrons. The highest BCUT2D eigenvalue weighted by molar-refractivity contribution is 5.36. The number of aryl methyl sites for hydroxylation is 1. The summed E-state index contributed by atoms with van der Waals surface area (Å²) < 4.78 is 5.55. The third-order valence-corrected chi connectivity index (χ3v) is 2.70. The molecule has 1 N–H and O–H groups in total. The maximum absolute atomic E-state index is 5.55. The number of nitrogens with one attached hydrogen (secondary N) is 1. The fourth-order valence-electron chi connectivity index (χ4n) is 2.14. The van der Waals surface area contributed by atoms with Crippen molar-refractivity contribution in [3.05, 3.63) is 29.3 Å². The first-order valence-electron chi connectivity index (χ1n) is 6.51. The van der Waals surface area contributed by atoms with Crippen molar-refractivity contribution in [2.24, 2.45) is 0 Å². The first kappa shape index (κ1) is 14.0. The van der Waals surface area contributed by atoms with Crippen molar-refractivity contribution >= 4 is 0 Å². The van der Waals surface area contributed by atoms with Gasteiger partial charge in [-0.15, -0.1) is 0 Å². The lowest BCUT2D eigenvalue weighted by molar-refractivity contribution is 0.337. The first-order chi connectivity index (χ1) is 8.02. The minimum absolute atomic E-state index is 0.507. The van der Waals surface area contributed by atoms with Crippen LogP contribution in [0.5, 0.6) is 5.75 Å². The first-order valence-corrected chi connectivity index (χ1v) is 6.51. The summed E-state index contributed by atoms with van der Waals surface area (Å²) in [4.78, 5) is 0. The van der Waals surface area contributed by atoms with Crippen LogP contribution in [0.4, 0.5) is 0 Å². The lowest BCUT2D eigenvalue weighted by atomic mass is 10.0. The number of rotatable bonds is 6. The Morgan fingerprint density at radius 1 is 1.24 bits per heavy atom. The van der Waals surface area contributed by atoms with E-state index >= 15 is 0 Å². The van der Waals surface area contributed by atoms with E-state index in [9.17, 15) is 0 Å². The third kappa shape index (κ3) is 4.78. The molecular weight excluding hydrogens is 210 g/mol. The lowest BCUT2D eigenvalue weighted by Gasteiger charge is -2.17. The summed E-state index contributed by atoms with van der Waals surface area (Å²) in [6.45, 7) is 11.4. The van der Waals surface area contributed by atoms with E-state index in [0.29, 0.717) is 12.1 Å². The molecular formula is C15H25NO. The Labute approximate surface area is 105 Å². The molecule has 0 aromatic heterocycles. The van der Waals surface area contributed by atoms with Gasteiger partial charge in [0, 0.05) is 12.1 Å². The predicted octanol–water partition coefficient (Wildman–Crippen LogP) is 3.32. The van der Waals surface area contributed by atoms with Crippen LogP contribution in [-0.4, -0.2) is 18.7 Å². The van der Waals surface area contributed by atoms with E-state index in [2.05, 4.69) is 51.2 Å². The summed E-state index contributed by atoms with van der Waals surface area (Å²) in [7, 11) is 0. The molecule has 0 fully saturated rings. The second-order valence-corrected chi connectivity index (χ2v) is 4.96. The molecule has 17 heavy (non-hydrogen) atoms. The summed E-state index contributed by atoms with van der Waals surface area (Å²) in [6.07, 6.45) is 1.06. The Hall–Kier alpha value is -1.02. The second kappa shape index (κ2) is 6.65. The van der Waals surface area contributed by atoms with Gasteiger partial charge in [0.25, 0.3) is 0 Å². The molecule has 0 saturated carbocycles. The highest BCUT2D eigenvalue weighted by Gasteiger charge is 2.06. The van der Waals surface area contributed by atoms with Crippen LogP contribution in [0.3, 0.4) is 0 Å². The van der Waals surface area contributed by atoms with Crippen LogP contribution < -0.4 is 10.1 Å². The van der Waals surface area contributed by atoms with Gasteiger partial charge in [-0.1, -0.05) is 26.0 Å². The van der Waals surface area contributed by atoms with Crippen LogP contribution in [0, 0.1) is 6.92 Å². The summed E-state index contributed by atoms with van der Waals surface area (Å²) in [5.41, 5.74) is 2.59. The van der Waals surface area contributed by atoms with E-state index in [1.54, 1.807) is 0 Å². The number of hydrogen-bond donors (Lipinski definition) is 1. The van der Waals surface area contributed by atoms with Gasteiger partial charge >= 0.3 is 0 Å². The largest absolute Gasteiger partial charge is 0.494 e. The molecule has 0 radical (unpaired) electrons. The van der Waals surface area contributed by atoms with Gasteiger partial charge in [0.15, 0.2) is 0 Å². The molecule has 0 aliphatic carbocycles. The Kier molecular flexibility index (Phi) is 5.49. The second-order valence-electron chi connectivity index (χ2n) is 4.96. The molecule has 2 heteroatoms. The third-order valence-electron chi connectivity index (χ3n) is 2.70. The topological polar surface area (TPSA) is 21.3 Å². The van der Waals surface area contributed by atoms with Gasteiger partial charge in [-0.05, 0) is 44.4 Å². The van der Waals surface area contributed by atoms with Crippen molar-refractivity contribution in [2.75, 3.05) is 6.61 Å². The number of ether oxygens (including phenoxy) is 1. The Bertz CT molecular complexity index is 347. The van der Waals surface area contributed by atoms with Crippen LogP contribution in [0.1, 0.15) is 38.8 Å². The average Bonchev–Trinajstić information content (AvgIpc) is 2.21. The zero-order valence-corrected chi connectivity index (χ0v) is 11.7. The SMILES string of the molecule is CCOc1ccc(CC(C)NC(C)C)cc1C. The van der Waals surface area contributed by atoms with Crippen LogP contribution in [0.2, 0.25) is 0 Å². The van der Waals surface area contributed by atoms with Crippen molar-refractivity contribution in [3.8, 4) is 5.75 Å². The van der Waals surface area contributed by atoms with Crippen LogP contribution in [0.15, 0.2) is 18.2 Å². The molecule has 2 nitrogen and oxygen atoms in total. The zero-order chi connectivity index (χ0) is 12.8. The molecule has 0 aliphatic rings. The molecule has 1 unspecified atom stereocenters. The lowest BCUT2D eigenvalue weighted by Crippen LogP contribution is -2.33. The maximum atomic E-state index is 5.55. The van der Waals surface area contributed by atoms with Crippen molar-refractivity contribution in [2.45, 2.75) is 53.1 Å². The molecule has 0 aliphatic heterocycles. The Morgan fingerprint density at radius 2 is 1.94 bits per heavy atom. The molecule has 0 amide bonds. The molecule has 0 heterocycles. The van der Waals surface area contributed by atoms with Crippen molar-refractivity contribution in [1.29, 1.82) is 0 Å². The normalized spacial score (nSPS) is 12.8. The van der Waals surface area contributed by atoms with Crippen LogP contribution >= 0.6 is 0 Å². The fourth-order valence-corrected chi connectivity index (χ4v) is 2.14. The standard InChI is InChI=1S/C15H25NO/c1-6-17-15-8-7-14(9-12(15)4)10-13(5)16-11(2)3/h7-9,11,13,16H,6,10H2,1-5H3. The monoisotopic (exact) mass is 235 g/mol. The van der Waals surface area contributed by atoms with E-state index in [4.69, 9.17) is 4.74 Å². The molecule has 1 aromatic carbocycles. The van der Waals surface area contributed by atoms with Crippen molar-refractivity contribution in [1.82, 2.24) is 5.32 Å². The van der Waals surface area contributed by atoms with Crippen LogP contribution in [0.25, 0.3) is 0 Å². The Morgan fingerprint density at radius 3 is 2.47 bits per heavy atom. The van der Waals surface area contributed by atoms with Gasteiger partial charge in [0.1, 0.15) is 5.75 Å². The molecule has 0 spiro atoms. The molecule has 1 aromatic rings. The van der Waals surface area contributed by atoms with E-state index in [-0.39, 0.29) is 0 Å². The summed E-state index contributed by atoms with van der Waals surface area (Å²) in [5, 5.41) is 3.52. The van der Waals surface area contributed by atoms with E-state index in [1.807, 2.05) is 6.92 Å². The smallest absolute Gasteiger partial charge is 0.122 e. The van der Waals surface area contributed by atoms with Gasteiger partial charge in [-0.3, -0.25) is 0 Å². The summed E-state index contributed by atoms with van der Waals surface area (Å²) >= 11 is 0. The van der Waals surface area contributed by atoms with Crippen LogP contribution in [-0.2, 0) is 6.42 Å². The van der Waals surface area contributed by atoms with Gasteiger partial charge in [0.05, 0.1) is 6.61 Å². The fraction of sp³-hybridized carbons (Fsp3) is 0.600. The molecule has 1 atom stereocenters. The highest BCUT2D eigenvalue weighted by atomic mass is 16.5. The van der Waals surface area contributed by atoms with E-state index in [0.717, 1.165) is 18.8 Å². The quantitative estimate of drug-likeness (QED) is 0.816.